The summed E-state index contributed by atoms with van der Waals surface area (Å²) in [7, 11) is 0. The molecule has 2 heterocycles. The van der Waals surface area contributed by atoms with Crippen LogP contribution in [0.5, 0.6) is 0 Å². The van der Waals surface area contributed by atoms with Crippen LogP contribution in [-0.4, -0.2) is 21.7 Å². The molecule has 0 unspecified atom stereocenters. The summed E-state index contributed by atoms with van der Waals surface area (Å²) in [6, 6.07) is 0.509. The van der Waals surface area contributed by atoms with Gasteiger partial charge in [-0.25, -0.2) is 4.98 Å². The van der Waals surface area contributed by atoms with Gasteiger partial charge in [0.15, 0.2) is 5.82 Å². The van der Waals surface area contributed by atoms with E-state index in [0.717, 1.165) is 25.2 Å². The van der Waals surface area contributed by atoms with Crippen molar-refractivity contribution in [3.8, 4) is 0 Å². The first-order valence-corrected chi connectivity index (χ1v) is 8.09. The highest BCUT2D eigenvalue weighted by molar-refractivity contribution is 7.11. The molecule has 5 nitrogen and oxygen atoms in total. The third-order valence-corrected chi connectivity index (χ3v) is 4.68. The van der Waals surface area contributed by atoms with Crippen LogP contribution in [0, 0.1) is 0 Å². The summed E-state index contributed by atoms with van der Waals surface area (Å²) in [5.74, 6) is 1.04. The molecular weight excluding hydrogens is 272 g/mol. The molecule has 0 aromatic carbocycles. The average molecular weight is 292 g/mol. The highest BCUT2D eigenvalue weighted by Crippen LogP contribution is 2.26. The zero-order valence-corrected chi connectivity index (χ0v) is 12.8. The fourth-order valence-electron chi connectivity index (χ4n) is 2.33. The largest absolute Gasteiger partial charge is 0.337 e. The van der Waals surface area contributed by atoms with Crippen molar-refractivity contribution in [1.82, 2.24) is 15.1 Å². The van der Waals surface area contributed by atoms with Gasteiger partial charge in [0, 0.05) is 23.8 Å². The maximum atomic E-state index is 5.16. The molecule has 1 aliphatic carbocycles. The normalized spacial score (nSPS) is 14.6. The summed E-state index contributed by atoms with van der Waals surface area (Å²) in [5.41, 5.74) is 1.33. The van der Waals surface area contributed by atoms with Gasteiger partial charge in [-0.05, 0) is 25.7 Å². The van der Waals surface area contributed by atoms with Crippen molar-refractivity contribution < 1.29 is 4.52 Å². The van der Waals surface area contributed by atoms with E-state index in [9.17, 15) is 0 Å². The van der Waals surface area contributed by atoms with E-state index >= 15 is 0 Å². The molecule has 1 aliphatic rings. The van der Waals surface area contributed by atoms with Crippen LogP contribution in [0.25, 0.3) is 0 Å². The maximum Gasteiger partial charge on any atom is 0.321 e. The predicted octanol–water partition coefficient (Wildman–Crippen LogP) is 3.18. The highest BCUT2D eigenvalue weighted by atomic mass is 32.1. The topological polar surface area (TPSA) is 63.8 Å². The summed E-state index contributed by atoms with van der Waals surface area (Å²) < 4.78 is 5.16. The van der Waals surface area contributed by atoms with Crippen LogP contribution in [-0.2, 0) is 19.3 Å². The van der Waals surface area contributed by atoms with Crippen molar-refractivity contribution in [3.05, 3.63) is 21.4 Å². The molecule has 0 saturated carbocycles. The second kappa shape index (κ2) is 5.91. The fraction of sp³-hybridized carbons (Fsp3) is 0.643. The van der Waals surface area contributed by atoms with Crippen LogP contribution < -0.4 is 5.32 Å². The van der Waals surface area contributed by atoms with Crippen molar-refractivity contribution in [2.45, 2.75) is 51.9 Å². The van der Waals surface area contributed by atoms with Crippen molar-refractivity contribution in [2.24, 2.45) is 0 Å². The third-order valence-electron chi connectivity index (χ3n) is 3.46. The van der Waals surface area contributed by atoms with E-state index in [1.165, 1.54) is 34.8 Å². The molecule has 2 aromatic heterocycles. The Bertz CT molecular complexity index is 552. The second-order valence-corrected chi connectivity index (χ2v) is 6.64. The number of rotatable bonds is 5. The molecule has 0 radical (unpaired) electrons. The number of hydrogen-bond donors (Lipinski definition) is 1. The first kappa shape index (κ1) is 13.5. The van der Waals surface area contributed by atoms with E-state index in [2.05, 4.69) is 29.3 Å². The van der Waals surface area contributed by atoms with E-state index < -0.39 is 0 Å². The maximum absolute atomic E-state index is 5.16. The van der Waals surface area contributed by atoms with Gasteiger partial charge >= 0.3 is 6.01 Å². The second-order valence-electron chi connectivity index (χ2n) is 5.47. The van der Waals surface area contributed by atoms with Crippen LogP contribution in [0.4, 0.5) is 6.01 Å². The van der Waals surface area contributed by atoms with E-state index in [0.29, 0.717) is 11.9 Å². The zero-order chi connectivity index (χ0) is 13.9. The number of anilines is 1. The fourth-order valence-corrected chi connectivity index (χ4v) is 3.49. The van der Waals surface area contributed by atoms with Crippen LogP contribution >= 0.6 is 11.3 Å². The molecule has 1 N–H and O–H groups in total. The lowest BCUT2D eigenvalue weighted by Gasteiger charge is -2.06. The van der Waals surface area contributed by atoms with Gasteiger partial charge in [0.2, 0.25) is 0 Å². The predicted molar refractivity (Wildman–Crippen MR) is 79.3 cm³/mol. The minimum absolute atomic E-state index is 0.292. The van der Waals surface area contributed by atoms with Gasteiger partial charge in [0.25, 0.3) is 0 Å². The first-order chi connectivity index (χ1) is 9.72. The van der Waals surface area contributed by atoms with Crippen LogP contribution in [0.1, 0.15) is 54.0 Å². The Morgan fingerprint density at radius 1 is 1.25 bits per heavy atom. The minimum atomic E-state index is 0.292. The molecule has 0 fully saturated rings. The molecule has 0 saturated heterocycles. The Hall–Kier alpha value is -1.43. The van der Waals surface area contributed by atoms with Crippen LogP contribution in [0.15, 0.2) is 4.52 Å². The van der Waals surface area contributed by atoms with Gasteiger partial charge < -0.3 is 9.84 Å². The Morgan fingerprint density at radius 3 is 2.85 bits per heavy atom. The zero-order valence-electron chi connectivity index (χ0n) is 12.0. The molecule has 2 aromatic rings. The Balaban J connectivity index is 1.53. The number of nitrogens with zero attached hydrogens (tertiary/aromatic N) is 3. The summed E-state index contributed by atoms with van der Waals surface area (Å²) in [5, 5.41) is 8.32. The van der Waals surface area contributed by atoms with E-state index in [4.69, 9.17) is 9.51 Å². The Morgan fingerprint density at radius 2 is 2.10 bits per heavy atom. The van der Waals surface area contributed by atoms with Crippen LogP contribution in [0.3, 0.4) is 0 Å². The van der Waals surface area contributed by atoms with Crippen molar-refractivity contribution >= 4 is 17.4 Å². The number of fused-ring (bicyclic) bond motifs is 1. The molecule has 3 rings (SSSR count). The molecule has 0 atom stereocenters. The van der Waals surface area contributed by atoms with Gasteiger partial charge in [-0.2, -0.15) is 4.98 Å². The average Bonchev–Trinajstić information content (AvgIpc) is 3.04. The van der Waals surface area contributed by atoms with Gasteiger partial charge in [-0.3, -0.25) is 0 Å². The Kier molecular flexibility index (Phi) is 4.00. The standard InChI is InChI=1S/C14H20N4OS/c1-9(2)13-17-14(19-18-13)15-8-7-12-16-10-5-3-4-6-11(10)20-12/h9H,3-8H2,1-2H3,(H,15,17,18). The third kappa shape index (κ3) is 3.00. The van der Waals surface area contributed by atoms with Gasteiger partial charge in [-0.15, -0.1) is 11.3 Å². The minimum Gasteiger partial charge on any atom is -0.337 e. The molecule has 0 aliphatic heterocycles. The van der Waals surface area contributed by atoms with E-state index in [-0.39, 0.29) is 0 Å². The van der Waals surface area contributed by atoms with Gasteiger partial charge in [0.1, 0.15) is 0 Å². The highest BCUT2D eigenvalue weighted by Gasteiger charge is 2.15. The SMILES string of the molecule is CC(C)c1noc(NCCc2nc3c(s2)CCCC3)n1. The first-order valence-electron chi connectivity index (χ1n) is 7.27. The molecule has 6 heteroatoms. The lowest BCUT2D eigenvalue weighted by atomic mass is 10.0. The molecule has 0 spiro atoms. The summed E-state index contributed by atoms with van der Waals surface area (Å²) in [4.78, 5) is 10.5. The van der Waals surface area contributed by atoms with E-state index in [1.807, 2.05) is 11.3 Å². The Labute approximate surface area is 122 Å². The molecule has 0 bridgehead atoms. The van der Waals surface area contributed by atoms with Crippen molar-refractivity contribution in [1.29, 1.82) is 0 Å². The molecule has 20 heavy (non-hydrogen) atoms. The summed E-state index contributed by atoms with van der Waals surface area (Å²) >= 11 is 1.86. The number of aryl methyl sites for hydroxylation is 2. The summed E-state index contributed by atoms with van der Waals surface area (Å²) in [6.07, 6.45) is 5.88. The number of hydrogen-bond acceptors (Lipinski definition) is 6. The number of nitrogens with one attached hydrogen (secondary N) is 1. The quantitative estimate of drug-likeness (QED) is 0.917. The smallest absolute Gasteiger partial charge is 0.321 e. The van der Waals surface area contributed by atoms with Gasteiger partial charge in [0.05, 0.1) is 10.7 Å². The monoisotopic (exact) mass is 292 g/mol. The van der Waals surface area contributed by atoms with E-state index in [1.54, 1.807) is 0 Å². The van der Waals surface area contributed by atoms with Gasteiger partial charge in [-0.1, -0.05) is 19.0 Å². The lowest BCUT2D eigenvalue weighted by Crippen LogP contribution is -2.05. The molecule has 0 amide bonds. The van der Waals surface area contributed by atoms with Crippen molar-refractivity contribution in [2.75, 3.05) is 11.9 Å². The number of thiazole rings is 1. The van der Waals surface area contributed by atoms with Crippen molar-refractivity contribution in [3.63, 3.8) is 0 Å². The molecule has 108 valence electrons. The number of aromatic nitrogens is 3. The summed E-state index contributed by atoms with van der Waals surface area (Å²) in [6.45, 7) is 4.88. The van der Waals surface area contributed by atoms with Crippen LogP contribution in [0.2, 0.25) is 0 Å². The lowest BCUT2D eigenvalue weighted by molar-refractivity contribution is 0.419. The molecular formula is C14H20N4OS.